The van der Waals surface area contributed by atoms with Crippen LogP contribution < -0.4 is 5.32 Å². The van der Waals surface area contributed by atoms with E-state index in [0.29, 0.717) is 11.7 Å². The number of nitrogens with one attached hydrogen (secondary N) is 1. The second-order valence-electron chi connectivity index (χ2n) is 4.92. The van der Waals surface area contributed by atoms with E-state index in [1.807, 2.05) is 30.3 Å². The Morgan fingerprint density at radius 2 is 1.88 bits per heavy atom. The number of para-hydroxylation sites is 1. The standard InChI is InChI=1S/C16H14FN5OS/c17-13-8-4-5-9-14(13)18-15(23)11-24-16-19-20-21-22(16)10-12-6-2-1-3-7-12/h1-9H,10-11H2,(H,18,23). The average molecular weight is 343 g/mol. The number of anilines is 1. The van der Waals surface area contributed by atoms with E-state index >= 15 is 0 Å². The fourth-order valence-corrected chi connectivity index (χ4v) is 2.71. The topological polar surface area (TPSA) is 72.7 Å². The van der Waals surface area contributed by atoms with Gasteiger partial charge in [-0.1, -0.05) is 54.2 Å². The molecular formula is C16H14FN5OS. The Morgan fingerprint density at radius 3 is 2.67 bits per heavy atom. The van der Waals surface area contributed by atoms with Gasteiger partial charge in [-0.2, -0.15) is 0 Å². The van der Waals surface area contributed by atoms with E-state index in [2.05, 4.69) is 20.8 Å². The Morgan fingerprint density at radius 1 is 1.12 bits per heavy atom. The van der Waals surface area contributed by atoms with Crippen LogP contribution in [0.15, 0.2) is 59.8 Å². The van der Waals surface area contributed by atoms with Crippen LogP contribution in [-0.4, -0.2) is 31.9 Å². The molecule has 0 bridgehead atoms. The predicted octanol–water partition coefficient (Wildman–Crippen LogP) is 2.59. The third-order valence-electron chi connectivity index (χ3n) is 3.15. The number of carbonyl (C=O) groups excluding carboxylic acids is 1. The van der Waals surface area contributed by atoms with Crippen LogP contribution in [0.3, 0.4) is 0 Å². The highest BCUT2D eigenvalue weighted by Crippen LogP contribution is 2.17. The number of hydrogen-bond acceptors (Lipinski definition) is 5. The highest BCUT2D eigenvalue weighted by molar-refractivity contribution is 7.99. The number of halogens is 1. The molecule has 1 aromatic heterocycles. The average Bonchev–Trinajstić information content (AvgIpc) is 3.03. The zero-order chi connectivity index (χ0) is 16.8. The smallest absolute Gasteiger partial charge is 0.234 e. The van der Waals surface area contributed by atoms with Crippen LogP contribution >= 0.6 is 11.8 Å². The summed E-state index contributed by atoms with van der Waals surface area (Å²) in [5.74, 6) is -0.701. The molecule has 3 rings (SSSR count). The molecule has 0 spiro atoms. The number of nitrogens with zero attached hydrogens (tertiary/aromatic N) is 4. The highest BCUT2D eigenvalue weighted by atomic mass is 32.2. The summed E-state index contributed by atoms with van der Waals surface area (Å²) < 4.78 is 15.1. The Bertz CT molecular complexity index is 824. The van der Waals surface area contributed by atoms with Crippen LogP contribution in [0.25, 0.3) is 0 Å². The van der Waals surface area contributed by atoms with Gasteiger partial charge in [0.05, 0.1) is 18.0 Å². The summed E-state index contributed by atoms with van der Waals surface area (Å²) in [6.07, 6.45) is 0. The summed E-state index contributed by atoms with van der Waals surface area (Å²) in [6, 6.07) is 15.8. The number of carbonyl (C=O) groups is 1. The van der Waals surface area contributed by atoms with Gasteiger partial charge in [0, 0.05) is 0 Å². The molecule has 2 aromatic carbocycles. The zero-order valence-corrected chi connectivity index (χ0v) is 13.4. The van der Waals surface area contributed by atoms with Gasteiger partial charge in [0.25, 0.3) is 0 Å². The molecule has 0 radical (unpaired) electrons. The van der Waals surface area contributed by atoms with Crippen LogP contribution in [0.5, 0.6) is 0 Å². The van der Waals surface area contributed by atoms with Crippen LogP contribution in [0.1, 0.15) is 5.56 Å². The van der Waals surface area contributed by atoms with E-state index in [9.17, 15) is 9.18 Å². The van der Waals surface area contributed by atoms with Gasteiger partial charge in [-0.25, -0.2) is 9.07 Å². The summed E-state index contributed by atoms with van der Waals surface area (Å²) in [5.41, 5.74) is 1.22. The molecule has 1 amide bonds. The maximum absolute atomic E-state index is 13.5. The van der Waals surface area contributed by atoms with E-state index in [1.54, 1.807) is 16.8 Å². The quantitative estimate of drug-likeness (QED) is 0.697. The SMILES string of the molecule is O=C(CSc1nnnn1Cc1ccccc1)Nc1ccccc1F. The number of thioether (sulfide) groups is 1. The first kappa shape index (κ1) is 16.1. The fourth-order valence-electron chi connectivity index (χ4n) is 2.03. The second-order valence-corrected chi connectivity index (χ2v) is 5.86. The monoisotopic (exact) mass is 343 g/mol. The molecule has 1 N–H and O–H groups in total. The van der Waals surface area contributed by atoms with Crippen molar-refractivity contribution in [3.05, 3.63) is 66.0 Å². The lowest BCUT2D eigenvalue weighted by Gasteiger charge is -2.06. The maximum Gasteiger partial charge on any atom is 0.234 e. The van der Waals surface area contributed by atoms with Gasteiger partial charge >= 0.3 is 0 Å². The van der Waals surface area contributed by atoms with Crippen molar-refractivity contribution in [1.29, 1.82) is 0 Å². The number of tetrazole rings is 1. The molecule has 0 saturated carbocycles. The highest BCUT2D eigenvalue weighted by Gasteiger charge is 2.11. The molecule has 3 aromatic rings. The Balaban J connectivity index is 1.58. The maximum atomic E-state index is 13.5. The van der Waals surface area contributed by atoms with Gasteiger partial charge in [0.1, 0.15) is 5.82 Å². The Kier molecular flexibility index (Phi) is 5.17. The normalized spacial score (nSPS) is 10.5. The van der Waals surface area contributed by atoms with E-state index in [4.69, 9.17) is 0 Å². The van der Waals surface area contributed by atoms with Crippen molar-refractivity contribution in [3.8, 4) is 0 Å². The lowest BCUT2D eigenvalue weighted by molar-refractivity contribution is -0.113. The van der Waals surface area contributed by atoms with E-state index < -0.39 is 5.82 Å². The van der Waals surface area contributed by atoms with Crippen LogP contribution in [0, 0.1) is 5.82 Å². The summed E-state index contributed by atoms with van der Waals surface area (Å²) >= 11 is 1.20. The Hall–Kier alpha value is -2.74. The minimum Gasteiger partial charge on any atom is -0.323 e. The van der Waals surface area contributed by atoms with E-state index in [1.165, 1.54) is 23.9 Å². The van der Waals surface area contributed by atoms with Gasteiger partial charge in [0.15, 0.2) is 0 Å². The third-order valence-corrected chi connectivity index (χ3v) is 4.11. The van der Waals surface area contributed by atoms with Crippen LogP contribution in [0.4, 0.5) is 10.1 Å². The molecule has 8 heteroatoms. The van der Waals surface area contributed by atoms with Crippen molar-refractivity contribution in [2.24, 2.45) is 0 Å². The molecule has 0 aliphatic rings. The number of aromatic nitrogens is 4. The molecule has 0 fully saturated rings. The molecule has 122 valence electrons. The third kappa shape index (κ3) is 4.17. The van der Waals surface area contributed by atoms with Crippen molar-refractivity contribution in [2.45, 2.75) is 11.7 Å². The predicted molar refractivity (Wildman–Crippen MR) is 89.1 cm³/mol. The zero-order valence-electron chi connectivity index (χ0n) is 12.6. The van der Waals surface area contributed by atoms with Gasteiger partial charge in [-0.05, 0) is 28.1 Å². The summed E-state index contributed by atoms with van der Waals surface area (Å²) in [4.78, 5) is 12.0. The summed E-state index contributed by atoms with van der Waals surface area (Å²) in [5, 5.41) is 14.6. The molecular weight excluding hydrogens is 329 g/mol. The van der Waals surface area contributed by atoms with Crippen molar-refractivity contribution in [2.75, 3.05) is 11.1 Å². The van der Waals surface area contributed by atoms with Crippen molar-refractivity contribution >= 4 is 23.4 Å². The van der Waals surface area contributed by atoms with E-state index in [-0.39, 0.29) is 17.3 Å². The number of benzene rings is 2. The molecule has 0 aliphatic carbocycles. The molecule has 24 heavy (non-hydrogen) atoms. The summed E-state index contributed by atoms with van der Waals surface area (Å²) in [6.45, 7) is 0.519. The van der Waals surface area contributed by atoms with Crippen molar-refractivity contribution < 1.29 is 9.18 Å². The molecule has 0 unspecified atom stereocenters. The minimum atomic E-state index is -0.468. The molecule has 6 nitrogen and oxygen atoms in total. The fraction of sp³-hybridized carbons (Fsp3) is 0.125. The second kappa shape index (κ2) is 7.69. The number of amides is 1. The molecule has 1 heterocycles. The number of hydrogen-bond donors (Lipinski definition) is 1. The summed E-state index contributed by atoms with van der Waals surface area (Å²) in [7, 11) is 0. The van der Waals surface area contributed by atoms with Crippen molar-refractivity contribution in [1.82, 2.24) is 20.2 Å². The lowest BCUT2D eigenvalue weighted by Crippen LogP contribution is -2.15. The van der Waals surface area contributed by atoms with Crippen molar-refractivity contribution in [3.63, 3.8) is 0 Å². The first-order chi connectivity index (χ1) is 11.7. The molecule has 0 atom stereocenters. The minimum absolute atomic E-state index is 0.0868. The lowest BCUT2D eigenvalue weighted by atomic mass is 10.2. The van der Waals surface area contributed by atoms with Gasteiger partial charge in [0.2, 0.25) is 11.1 Å². The Labute approximate surface area is 142 Å². The van der Waals surface area contributed by atoms with Crippen LogP contribution in [-0.2, 0) is 11.3 Å². The van der Waals surface area contributed by atoms with Crippen LogP contribution in [0.2, 0.25) is 0 Å². The first-order valence-electron chi connectivity index (χ1n) is 7.19. The molecule has 0 saturated heterocycles. The van der Waals surface area contributed by atoms with Gasteiger partial charge < -0.3 is 5.32 Å². The van der Waals surface area contributed by atoms with E-state index in [0.717, 1.165) is 5.56 Å². The first-order valence-corrected chi connectivity index (χ1v) is 8.18. The molecule has 0 aliphatic heterocycles. The van der Waals surface area contributed by atoms with Gasteiger partial charge in [-0.15, -0.1) is 5.10 Å². The largest absolute Gasteiger partial charge is 0.323 e. The van der Waals surface area contributed by atoms with Gasteiger partial charge in [-0.3, -0.25) is 4.79 Å². The number of rotatable bonds is 6.